The highest BCUT2D eigenvalue weighted by Crippen LogP contribution is 2.27. The molecule has 0 radical (unpaired) electrons. The number of aliphatic imine (C=N–C) groups is 1. The maximum Gasteiger partial charge on any atom is 0.151 e. The van der Waals surface area contributed by atoms with Crippen molar-refractivity contribution in [2.75, 3.05) is 5.75 Å². The molecule has 1 aromatic rings. The topological polar surface area (TPSA) is 62.2 Å². The third-order valence-corrected chi connectivity index (χ3v) is 3.48. The number of amidine groups is 1. The molecule has 0 amide bonds. The maximum absolute atomic E-state index is 7.28. The molecule has 1 aromatic carbocycles. The number of nitrogens with one attached hydrogen (secondary N) is 1. The molecule has 3 nitrogen and oxygen atoms in total. The van der Waals surface area contributed by atoms with E-state index in [0.717, 1.165) is 12.1 Å². The van der Waals surface area contributed by atoms with Crippen molar-refractivity contribution in [2.24, 2.45) is 10.7 Å². The molecular weight excluding hydrogens is 266 g/mol. The van der Waals surface area contributed by atoms with Gasteiger partial charge in [-0.2, -0.15) is 0 Å². The van der Waals surface area contributed by atoms with Gasteiger partial charge in [0.1, 0.15) is 0 Å². The van der Waals surface area contributed by atoms with Gasteiger partial charge in [-0.25, -0.2) is 0 Å². The largest absolute Gasteiger partial charge is 0.379 e. The lowest BCUT2D eigenvalue weighted by Crippen LogP contribution is -2.30. The molecule has 18 heavy (non-hydrogen) atoms. The molecule has 1 aliphatic heterocycles. The van der Waals surface area contributed by atoms with Crippen molar-refractivity contribution in [1.82, 2.24) is 0 Å². The second-order valence-electron chi connectivity index (χ2n) is 4.86. The van der Waals surface area contributed by atoms with Gasteiger partial charge in [-0.15, -0.1) is 12.4 Å². The Hall–Kier alpha value is -1.00. The number of hydrogen-bond acceptors (Lipinski definition) is 3. The maximum atomic E-state index is 7.28. The van der Waals surface area contributed by atoms with Gasteiger partial charge < -0.3 is 5.73 Å². The fraction of sp³-hybridized carbons (Fsp3) is 0.385. The van der Waals surface area contributed by atoms with E-state index in [0.29, 0.717) is 5.75 Å². The second-order valence-corrected chi connectivity index (χ2v) is 5.87. The Morgan fingerprint density at radius 3 is 2.78 bits per heavy atom. The molecule has 0 aliphatic carbocycles. The van der Waals surface area contributed by atoms with E-state index in [1.165, 1.54) is 22.9 Å². The Kier molecular flexibility index (Phi) is 4.82. The molecule has 2 rings (SSSR count). The van der Waals surface area contributed by atoms with E-state index in [2.05, 4.69) is 32.0 Å². The van der Waals surface area contributed by atoms with Crippen molar-refractivity contribution in [3.8, 4) is 0 Å². The van der Waals surface area contributed by atoms with Crippen LogP contribution in [0.1, 0.15) is 25.0 Å². The standard InChI is InChI=1S/C13H17N3S.ClH/c1-13(2)7-9-5-3-4-6-10(9)11(16-13)8-17-12(14)15;/h3-6H,7-8H2,1-2H3,(H3,14,15);1H. The summed E-state index contributed by atoms with van der Waals surface area (Å²) in [5.74, 6) is 0.676. The van der Waals surface area contributed by atoms with Crippen molar-refractivity contribution in [3.63, 3.8) is 0 Å². The minimum Gasteiger partial charge on any atom is -0.379 e. The Morgan fingerprint density at radius 2 is 2.11 bits per heavy atom. The van der Waals surface area contributed by atoms with E-state index >= 15 is 0 Å². The second kappa shape index (κ2) is 5.76. The highest BCUT2D eigenvalue weighted by molar-refractivity contribution is 8.14. The number of rotatable bonds is 2. The van der Waals surface area contributed by atoms with Crippen LogP contribution in [0.2, 0.25) is 0 Å². The van der Waals surface area contributed by atoms with E-state index in [4.69, 9.17) is 16.1 Å². The molecule has 0 atom stereocenters. The van der Waals surface area contributed by atoms with Gasteiger partial charge in [0.2, 0.25) is 0 Å². The summed E-state index contributed by atoms with van der Waals surface area (Å²) in [7, 11) is 0. The zero-order valence-electron chi connectivity index (χ0n) is 10.6. The molecule has 98 valence electrons. The van der Waals surface area contributed by atoms with Crippen molar-refractivity contribution in [1.29, 1.82) is 5.41 Å². The zero-order chi connectivity index (χ0) is 12.5. The Bertz CT molecular complexity index is 483. The first-order chi connectivity index (χ1) is 7.98. The van der Waals surface area contributed by atoms with Gasteiger partial charge in [0.05, 0.1) is 11.3 Å². The smallest absolute Gasteiger partial charge is 0.151 e. The zero-order valence-corrected chi connectivity index (χ0v) is 12.2. The monoisotopic (exact) mass is 283 g/mol. The van der Waals surface area contributed by atoms with Crippen LogP contribution in [-0.4, -0.2) is 22.2 Å². The first kappa shape index (κ1) is 15.1. The number of benzene rings is 1. The lowest BCUT2D eigenvalue weighted by atomic mass is 9.87. The van der Waals surface area contributed by atoms with Crippen LogP contribution in [-0.2, 0) is 6.42 Å². The van der Waals surface area contributed by atoms with E-state index in [1.54, 1.807) is 0 Å². The lowest BCUT2D eigenvalue weighted by molar-refractivity contribution is 0.513. The molecule has 0 bridgehead atoms. The van der Waals surface area contributed by atoms with Crippen molar-refractivity contribution in [2.45, 2.75) is 25.8 Å². The van der Waals surface area contributed by atoms with Crippen LogP contribution in [0.5, 0.6) is 0 Å². The van der Waals surface area contributed by atoms with Crippen LogP contribution in [0.25, 0.3) is 0 Å². The minimum atomic E-state index is -0.0545. The van der Waals surface area contributed by atoms with Crippen LogP contribution in [0.15, 0.2) is 29.3 Å². The molecule has 0 unspecified atom stereocenters. The Morgan fingerprint density at radius 1 is 1.44 bits per heavy atom. The molecule has 0 aromatic heterocycles. The Labute approximate surface area is 118 Å². The van der Waals surface area contributed by atoms with E-state index in [-0.39, 0.29) is 23.1 Å². The summed E-state index contributed by atoms with van der Waals surface area (Å²) >= 11 is 1.33. The van der Waals surface area contributed by atoms with Crippen LogP contribution < -0.4 is 5.73 Å². The molecule has 3 N–H and O–H groups in total. The van der Waals surface area contributed by atoms with Gasteiger partial charge in [0.15, 0.2) is 5.17 Å². The summed E-state index contributed by atoms with van der Waals surface area (Å²) in [5, 5.41) is 7.43. The SMILES string of the molecule is CC1(C)Cc2ccccc2C(CSC(=N)N)=N1.Cl. The van der Waals surface area contributed by atoms with Crippen LogP contribution in [0, 0.1) is 5.41 Å². The fourth-order valence-electron chi connectivity index (χ4n) is 2.14. The third kappa shape index (κ3) is 3.50. The summed E-state index contributed by atoms with van der Waals surface area (Å²) < 4.78 is 0. The molecule has 5 heteroatoms. The first-order valence-corrected chi connectivity index (χ1v) is 6.60. The quantitative estimate of drug-likeness (QED) is 0.648. The molecule has 0 saturated carbocycles. The molecule has 1 heterocycles. The van der Waals surface area contributed by atoms with E-state index in [9.17, 15) is 0 Å². The third-order valence-electron chi connectivity index (χ3n) is 2.75. The van der Waals surface area contributed by atoms with Crippen molar-refractivity contribution >= 4 is 35.0 Å². The molecule has 0 spiro atoms. The minimum absolute atomic E-state index is 0. The van der Waals surface area contributed by atoms with Crippen molar-refractivity contribution in [3.05, 3.63) is 35.4 Å². The average Bonchev–Trinajstić information content (AvgIpc) is 2.24. The van der Waals surface area contributed by atoms with Crippen LogP contribution in [0.4, 0.5) is 0 Å². The first-order valence-electron chi connectivity index (χ1n) is 5.62. The van der Waals surface area contributed by atoms with Gasteiger partial charge >= 0.3 is 0 Å². The number of nitrogens with zero attached hydrogens (tertiary/aromatic N) is 1. The summed E-state index contributed by atoms with van der Waals surface area (Å²) in [4.78, 5) is 4.77. The normalized spacial score (nSPS) is 16.2. The molecular formula is C13H18ClN3S. The highest BCUT2D eigenvalue weighted by Gasteiger charge is 2.26. The van der Waals surface area contributed by atoms with E-state index < -0.39 is 0 Å². The van der Waals surface area contributed by atoms with Gasteiger partial charge in [-0.1, -0.05) is 36.0 Å². The molecule has 1 aliphatic rings. The lowest BCUT2D eigenvalue weighted by Gasteiger charge is -2.28. The van der Waals surface area contributed by atoms with Crippen molar-refractivity contribution < 1.29 is 0 Å². The highest BCUT2D eigenvalue weighted by atomic mass is 35.5. The van der Waals surface area contributed by atoms with E-state index in [1.807, 2.05) is 6.07 Å². The number of fused-ring (bicyclic) bond motifs is 1. The van der Waals surface area contributed by atoms with Gasteiger partial charge in [-0.05, 0) is 31.4 Å². The van der Waals surface area contributed by atoms with Gasteiger partial charge in [0, 0.05) is 5.75 Å². The summed E-state index contributed by atoms with van der Waals surface area (Å²) in [5.41, 5.74) is 8.94. The molecule has 0 saturated heterocycles. The number of thioether (sulfide) groups is 1. The summed E-state index contributed by atoms with van der Waals surface area (Å²) in [6.45, 7) is 4.28. The predicted octanol–water partition coefficient (Wildman–Crippen LogP) is 2.86. The number of halogens is 1. The van der Waals surface area contributed by atoms with Crippen LogP contribution in [0.3, 0.4) is 0 Å². The number of nitrogens with two attached hydrogens (primary N) is 1. The predicted molar refractivity (Wildman–Crippen MR) is 82.4 cm³/mol. The summed E-state index contributed by atoms with van der Waals surface area (Å²) in [6.07, 6.45) is 0.970. The fourth-order valence-corrected chi connectivity index (χ4v) is 2.66. The van der Waals surface area contributed by atoms with Gasteiger partial charge in [0.25, 0.3) is 0 Å². The summed E-state index contributed by atoms with van der Waals surface area (Å²) in [6, 6.07) is 8.36. The Balaban J connectivity index is 0.00000162. The van der Waals surface area contributed by atoms with Crippen LogP contribution >= 0.6 is 24.2 Å². The number of hydrogen-bond donors (Lipinski definition) is 2. The average molecular weight is 284 g/mol. The van der Waals surface area contributed by atoms with Gasteiger partial charge in [-0.3, -0.25) is 10.4 Å². The molecule has 0 fully saturated rings.